The number of carbonyl (C=O) groups excluding carboxylic acids is 2. The van der Waals surface area contributed by atoms with Gasteiger partial charge in [-0.1, -0.05) is 43.6 Å². The summed E-state index contributed by atoms with van der Waals surface area (Å²) in [5, 5.41) is 5.55. The Labute approximate surface area is 156 Å². The molecule has 0 heterocycles. The Morgan fingerprint density at radius 1 is 1.08 bits per heavy atom. The van der Waals surface area contributed by atoms with E-state index in [2.05, 4.69) is 24.5 Å². The van der Waals surface area contributed by atoms with E-state index in [1.807, 2.05) is 24.3 Å². The number of benzene rings is 2. The van der Waals surface area contributed by atoms with Crippen LogP contribution in [0.1, 0.15) is 31.7 Å². The molecule has 2 aromatic rings. The Bertz CT molecular complexity index is 853. The third-order valence-electron chi connectivity index (χ3n) is 4.49. The van der Waals surface area contributed by atoms with Crippen molar-refractivity contribution < 1.29 is 14.0 Å². The molecular formula is C20H20ClFN2O2. The van der Waals surface area contributed by atoms with Crippen LogP contribution in [0.5, 0.6) is 0 Å². The first-order valence-corrected chi connectivity index (χ1v) is 8.90. The van der Waals surface area contributed by atoms with Gasteiger partial charge in [0.25, 0.3) is 0 Å². The van der Waals surface area contributed by atoms with E-state index in [4.69, 9.17) is 11.6 Å². The molecule has 0 saturated heterocycles. The number of hydrogen-bond donors (Lipinski definition) is 2. The highest BCUT2D eigenvalue weighted by molar-refractivity contribution is 6.31. The Morgan fingerprint density at radius 2 is 1.73 bits per heavy atom. The molecule has 0 aromatic heterocycles. The van der Waals surface area contributed by atoms with Crippen LogP contribution in [0.15, 0.2) is 42.5 Å². The summed E-state index contributed by atoms with van der Waals surface area (Å²) in [6.07, 6.45) is 0.496. The quantitative estimate of drug-likeness (QED) is 0.788. The second kappa shape index (κ2) is 7.46. The van der Waals surface area contributed by atoms with E-state index >= 15 is 0 Å². The number of nitrogens with one attached hydrogen (secondary N) is 2. The summed E-state index contributed by atoms with van der Waals surface area (Å²) in [6, 6.07) is 11.6. The highest BCUT2D eigenvalue weighted by Crippen LogP contribution is 2.40. The van der Waals surface area contributed by atoms with E-state index in [1.54, 1.807) is 0 Å². The number of rotatable bonds is 5. The van der Waals surface area contributed by atoms with Crippen LogP contribution >= 0.6 is 11.6 Å². The van der Waals surface area contributed by atoms with Crippen molar-refractivity contribution in [3.05, 3.63) is 58.9 Å². The van der Waals surface area contributed by atoms with Crippen molar-refractivity contribution >= 4 is 34.8 Å². The van der Waals surface area contributed by atoms with E-state index in [1.165, 1.54) is 18.2 Å². The van der Waals surface area contributed by atoms with Crippen molar-refractivity contribution in [3.8, 4) is 0 Å². The van der Waals surface area contributed by atoms with Gasteiger partial charge in [-0.3, -0.25) is 9.59 Å². The minimum Gasteiger partial charge on any atom is -0.326 e. The lowest BCUT2D eigenvalue weighted by Gasteiger charge is -2.13. The molecule has 1 aliphatic carbocycles. The normalized spacial score (nSPS) is 18.5. The Hall–Kier alpha value is -2.40. The fraction of sp³-hybridized carbons (Fsp3) is 0.300. The minimum absolute atomic E-state index is 0.0572. The second-order valence-corrected chi connectivity index (χ2v) is 7.21. The molecule has 1 saturated carbocycles. The highest BCUT2D eigenvalue weighted by Gasteiger charge is 2.48. The molecule has 2 aromatic carbocycles. The van der Waals surface area contributed by atoms with E-state index in [0.29, 0.717) is 12.1 Å². The summed E-state index contributed by atoms with van der Waals surface area (Å²) in [4.78, 5) is 24.7. The molecule has 3 rings (SSSR count). The molecule has 0 aliphatic heterocycles. The van der Waals surface area contributed by atoms with Crippen LogP contribution in [0.25, 0.3) is 0 Å². The molecule has 0 radical (unpaired) electrons. The third-order valence-corrected chi connectivity index (χ3v) is 4.78. The van der Waals surface area contributed by atoms with Crippen LogP contribution in [0, 0.1) is 17.7 Å². The standard InChI is InChI=1S/C20H20ClFN2O2/c1-11(2)13-5-3-4-6-18(13)24-20(26)15-10-14(15)19(25)23-12-7-8-17(22)16(21)9-12/h3-9,11,14-15H,10H2,1-2H3,(H,23,25)(H,24,26). The maximum absolute atomic E-state index is 13.2. The maximum Gasteiger partial charge on any atom is 0.228 e. The number of para-hydroxylation sites is 1. The van der Waals surface area contributed by atoms with Crippen LogP contribution < -0.4 is 10.6 Å². The highest BCUT2D eigenvalue weighted by atomic mass is 35.5. The summed E-state index contributed by atoms with van der Waals surface area (Å²) in [6.45, 7) is 4.12. The van der Waals surface area contributed by atoms with Gasteiger partial charge in [-0.25, -0.2) is 4.39 Å². The van der Waals surface area contributed by atoms with Gasteiger partial charge < -0.3 is 10.6 Å². The zero-order chi connectivity index (χ0) is 18.8. The molecule has 4 nitrogen and oxygen atoms in total. The van der Waals surface area contributed by atoms with Crippen LogP contribution in [0.2, 0.25) is 5.02 Å². The molecular weight excluding hydrogens is 355 g/mol. The molecule has 1 fully saturated rings. The fourth-order valence-electron chi connectivity index (χ4n) is 2.92. The van der Waals surface area contributed by atoms with Crippen LogP contribution in [0.4, 0.5) is 15.8 Å². The van der Waals surface area contributed by atoms with E-state index in [-0.39, 0.29) is 34.6 Å². The molecule has 26 heavy (non-hydrogen) atoms. The van der Waals surface area contributed by atoms with Crippen LogP contribution in [-0.2, 0) is 9.59 Å². The first-order valence-electron chi connectivity index (χ1n) is 8.52. The van der Waals surface area contributed by atoms with Gasteiger partial charge >= 0.3 is 0 Å². The van der Waals surface area contributed by atoms with E-state index in [0.717, 1.165) is 11.3 Å². The fourth-order valence-corrected chi connectivity index (χ4v) is 3.10. The number of carbonyl (C=O) groups is 2. The van der Waals surface area contributed by atoms with Gasteiger partial charge in [-0.15, -0.1) is 0 Å². The Kier molecular flexibility index (Phi) is 5.28. The van der Waals surface area contributed by atoms with Gasteiger partial charge in [0.15, 0.2) is 0 Å². The predicted octanol–water partition coefficient (Wildman–Crippen LogP) is 4.82. The van der Waals surface area contributed by atoms with Crippen molar-refractivity contribution in [1.82, 2.24) is 0 Å². The zero-order valence-electron chi connectivity index (χ0n) is 14.6. The summed E-state index contributed by atoms with van der Waals surface area (Å²) in [7, 11) is 0. The number of hydrogen-bond acceptors (Lipinski definition) is 2. The average molecular weight is 375 g/mol. The zero-order valence-corrected chi connectivity index (χ0v) is 15.3. The lowest BCUT2D eigenvalue weighted by atomic mass is 10.0. The SMILES string of the molecule is CC(C)c1ccccc1NC(=O)C1CC1C(=O)Nc1ccc(F)c(Cl)c1. The molecule has 1 aliphatic rings. The first kappa shape index (κ1) is 18.4. The first-order chi connectivity index (χ1) is 12.4. The minimum atomic E-state index is -0.544. The van der Waals surface area contributed by atoms with Crippen molar-refractivity contribution in [2.45, 2.75) is 26.2 Å². The summed E-state index contributed by atoms with van der Waals surface area (Å²) >= 11 is 5.71. The summed E-state index contributed by atoms with van der Waals surface area (Å²) in [5.41, 5.74) is 2.25. The predicted molar refractivity (Wildman–Crippen MR) is 101 cm³/mol. The molecule has 2 N–H and O–H groups in total. The van der Waals surface area contributed by atoms with Gasteiger partial charge in [-0.05, 0) is 42.2 Å². The smallest absolute Gasteiger partial charge is 0.228 e. The third kappa shape index (κ3) is 4.05. The molecule has 6 heteroatoms. The number of amides is 2. The maximum atomic E-state index is 13.2. The largest absolute Gasteiger partial charge is 0.326 e. The second-order valence-electron chi connectivity index (χ2n) is 6.80. The summed E-state index contributed by atoms with van der Waals surface area (Å²) in [5.74, 6) is -1.42. The average Bonchev–Trinajstić information content (AvgIpc) is 3.39. The van der Waals surface area contributed by atoms with Crippen molar-refractivity contribution in [2.75, 3.05) is 10.6 Å². The molecule has 136 valence electrons. The van der Waals surface area contributed by atoms with E-state index < -0.39 is 5.82 Å². The number of halogens is 2. The summed E-state index contributed by atoms with van der Waals surface area (Å²) < 4.78 is 13.2. The van der Waals surface area contributed by atoms with Gasteiger partial charge in [0.05, 0.1) is 16.9 Å². The molecule has 0 spiro atoms. The molecule has 2 amide bonds. The van der Waals surface area contributed by atoms with Gasteiger partial charge in [0.1, 0.15) is 5.82 Å². The van der Waals surface area contributed by atoms with Crippen LogP contribution in [-0.4, -0.2) is 11.8 Å². The van der Waals surface area contributed by atoms with E-state index in [9.17, 15) is 14.0 Å². The van der Waals surface area contributed by atoms with Gasteiger partial charge in [0.2, 0.25) is 11.8 Å². The van der Waals surface area contributed by atoms with Crippen molar-refractivity contribution in [1.29, 1.82) is 0 Å². The Balaban J connectivity index is 1.60. The number of anilines is 2. The monoisotopic (exact) mass is 374 g/mol. The molecule has 0 bridgehead atoms. The van der Waals surface area contributed by atoms with Gasteiger partial charge in [-0.2, -0.15) is 0 Å². The Morgan fingerprint density at radius 3 is 2.38 bits per heavy atom. The molecule has 2 unspecified atom stereocenters. The topological polar surface area (TPSA) is 58.2 Å². The van der Waals surface area contributed by atoms with Gasteiger partial charge in [0, 0.05) is 11.4 Å². The van der Waals surface area contributed by atoms with Crippen LogP contribution in [0.3, 0.4) is 0 Å². The lowest BCUT2D eigenvalue weighted by Crippen LogP contribution is -2.21. The molecule has 2 atom stereocenters. The lowest BCUT2D eigenvalue weighted by molar-refractivity contribution is -0.122. The van der Waals surface area contributed by atoms with Crippen molar-refractivity contribution in [3.63, 3.8) is 0 Å². The van der Waals surface area contributed by atoms with Crippen molar-refractivity contribution in [2.24, 2.45) is 11.8 Å².